The number of nitrogens with zero attached hydrogens (tertiary/aromatic N) is 7. The molecule has 0 saturated carbocycles. The Morgan fingerprint density at radius 3 is 2.63 bits per heavy atom. The average Bonchev–Trinajstić information content (AvgIpc) is 2.92. The summed E-state index contributed by atoms with van der Waals surface area (Å²) in [6.07, 6.45) is 2.90. The van der Waals surface area contributed by atoms with Crippen LogP contribution in [0, 0.1) is 5.82 Å². The molecule has 1 aromatic carbocycles. The maximum atomic E-state index is 14.2. The van der Waals surface area contributed by atoms with Gasteiger partial charge in [-0.25, -0.2) is 9.37 Å². The number of benzene rings is 1. The molecule has 0 atom stereocenters. The number of azo groups is 1. The lowest BCUT2D eigenvalue weighted by atomic mass is 10.2. The van der Waals surface area contributed by atoms with Gasteiger partial charge in [0.2, 0.25) is 0 Å². The minimum Gasteiger partial charge on any atom is -0.378 e. The first-order valence-corrected chi connectivity index (χ1v) is 11.7. The third-order valence-corrected chi connectivity index (χ3v) is 5.86. The molecule has 0 unspecified atom stereocenters. The van der Waals surface area contributed by atoms with Gasteiger partial charge < -0.3 is 25.2 Å². The first-order chi connectivity index (χ1) is 17.2. The number of aromatic nitrogens is 3. The molecule has 5 rings (SSSR count). The standard InChI is InChI=1S/C24H28FN9O/c25-22-17-28-24(31-23(22)34-10-12-35-13-11-34)32-29-16-19-4-5-20(15-27-19)30-18-2-1-3-21(14-18)33-8-6-26-7-9-33/h1-5,14-15,17,26,30H,6-13,16H2. The number of piperazine rings is 1. The van der Waals surface area contributed by atoms with Crippen molar-refractivity contribution in [3.05, 3.63) is 60.3 Å². The fourth-order valence-electron chi connectivity index (χ4n) is 4.03. The molecular formula is C24H28FN9O. The predicted molar refractivity (Wildman–Crippen MR) is 132 cm³/mol. The third kappa shape index (κ3) is 6.06. The van der Waals surface area contributed by atoms with Crippen LogP contribution in [0.3, 0.4) is 0 Å². The highest BCUT2D eigenvalue weighted by Gasteiger charge is 2.17. The highest BCUT2D eigenvalue weighted by molar-refractivity contribution is 5.64. The summed E-state index contributed by atoms with van der Waals surface area (Å²) < 4.78 is 19.5. The quantitative estimate of drug-likeness (QED) is 0.500. The van der Waals surface area contributed by atoms with E-state index in [2.05, 4.69) is 58.9 Å². The zero-order valence-corrected chi connectivity index (χ0v) is 19.4. The zero-order chi connectivity index (χ0) is 23.9. The van der Waals surface area contributed by atoms with Crippen molar-refractivity contribution in [3.8, 4) is 0 Å². The summed E-state index contributed by atoms with van der Waals surface area (Å²) in [6, 6.07) is 12.2. The van der Waals surface area contributed by atoms with E-state index in [1.807, 2.05) is 23.1 Å². The van der Waals surface area contributed by atoms with E-state index in [9.17, 15) is 4.39 Å². The monoisotopic (exact) mass is 477 g/mol. The van der Waals surface area contributed by atoms with Crippen LogP contribution in [-0.4, -0.2) is 67.4 Å². The number of morpholine rings is 1. The van der Waals surface area contributed by atoms with Crippen LogP contribution in [0.15, 0.2) is 59.0 Å². The molecular weight excluding hydrogens is 449 g/mol. The van der Waals surface area contributed by atoms with Crippen LogP contribution < -0.4 is 20.4 Å². The van der Waals surface area contributed by atoms with Gasteiger partial charge in [0.05, 0.1) is 37.0 Å². The highest BCUT2D eigenvalue weighted by atomic mass is 19.1. The Kier molecular flexibility index (Phi) is 7.35. The number of halogens is 1. The smallest absolute Gasteiger partial charge is 0.270 e. The average molecular weight is 478 g/mol. The summed E-state index contributed by atoms with van der Waals surface area (Å²) in [7, 11) is 0. The summed E-state index contributed by atoms with van der Waals surface area (Å²) in [6.45, 7) is 6.52. The van der Waals surface area contributed by atoms with Gasteiger partial charge in [-0.1, -0.05) is 6.07 Å². The summed E-state index contributed by atoms with van der Waals surface area (Å²) in [5.74, 6) is -0.128. The van der Waals surface area contributed by atoms with Crippen molar-refractivity contribution >= 4 is 28.8 Å². The Balaban J connectivity index is 1.18. The van der Waals surface area contributed by atoms with Gasteiger partial charge in [0.1, 0.15) is 6.54 Å². The highest BCUT2D eigenvalue weighted by Crippen LogP contribution is 2.23. The van der Waals surface area contributed by atoms with Gasteiger partial charge in [-0.15, -0.1) is 5.11 Å². The fourth-order valence-corrected chi connectivity index (χ4v) is 4.03. The lowest BCUT2D eigenvalue weighted by Crippen LogP contribution is -2.43. The van der Waals surface area contributed by atoms with Gasteiger partial charge in [-0.2, -0.15) is 10.1 Å². The summed E-state index contributed by atoms with van der Waals surface area (Å²) in [5, 5.41) is 15.0. The molecule has 4 heterocycles. The maximum absolute atomic E-state index is 14.2. The van der Waals surface area contributed by atoms with Crippen molar-refractivity contribution in [1.29, 1.82) is 0 Å². The molecule has 2 fully saturated rings. The molecule has 0 radical (unpaired) electrons. The molecule has 0 bridgehead atoms. The zero-order valence-electron chi connectivity index (χ0n) is 19.4. The number of hydrogen-bond donors (Lipinski definition) is 2. The third-order valence-electron chi connectivity index (χ3n) is 5.86. The van der Waals surface area contributed by atoms with E-state index in [-0.39, 0.29) is 18.3 Å². The molecule has 0 amide bonds. The van der Waals surface area contributed by atoms with Gasteiger partial charge in [-0.05, 0) is 30.3 Å². The van der Waals surface area contributed by atoms with E-state index in [4.69, 9.17) is 4.74 Å². The fraction of sp³-hybridized carbons (Fsp3) is 0.375. The van der Waals surface area contributed by atoms with E-state index >= 15 is 0 Å². The Morgan fingerprint density at radius 1 is 0.971 bits per heavy atom. The van der Waals surface area contributed by atoms with Crippen LogP contribution in [0.2, 0.25) is 0 Å². The lowest BCUT2D eigenvalue weighted by Gasteiger charge is -2.29. The molecule has 3 aromatic rings. The largest absolute Gasteiger partial charge is 0.378 e. The molecule has 2 aliphatic rings. The minimum absolute atomic E-state index is 0.121. The molecule has 182 valence electrons. The SMILES string of the molecule is Fc1cnc(N=NCc2ccc(Nc3cccc(N4CCNCC4)c3)cn2)nc1N1CCOCC1. The number of hydrogen-bond acceptors (Lipinski definition) is 10. The molecule has 0 spiro atoms. The van der Waals surface area contributed by atoms with Crippen molar-refractivity contribution in [3.63, 3.8) is 0 Å². The van der Waals surface area contributed by atoms with Crippen LogP contribution in [0.4, 0.5) is 33.2 Å². The van der Waals surface area contributed by atoms with Gasteiger partial charge in [0.15, 0.2) is 11.6 Å². The molecule has 11 heteroatoms. The first-order valence-electron chi connectivity index (χ1n) is 11.7. The summed E-state index contributed by atoms with van der Waals surface area (Å²) in [4.78, 5) is 16.8. The van der Waals surface area contributed by atoms with Crippen molar-refractivity contribution < 1.29 is 9.13 Å². The van der Waals surface area contributed by atoms with Gasteiger partial charge in [0.25, 0.3) is 5.95 Å². The lowest BCUT2D eigenvalue weighted by molar-refractivity contribution is 0.122. The van der Waals surface area contributed by atoms with Crippen molar-refractivity contribution in [2.75, 3.05) is 67.6 Å². The maximum Gasteiger partial charge on any atom is 0.270 e. The Morgan fingerprint density at radius 2 is 1.83 bits per heavy atom. The van der Waals surface area contributed by atoms with E-state index < -0.39 is 5.82 Å². The Labute approximate surface area is 203 Å². The first kappa shape index (κ1) is 23.1. The Hall–Kier alpha value is -3.70. The summed E-state index contributed by atoms with van der Waals surface area (Å²) in [5.41, 5.74) is 3.87. The minimum atomic E-state index is -0.478. The van der Waals surface area contributed by atoms with Crippen LogP contribution in [-0.2, 0) is 11.3 Å². The normalized spacial score (nSPS) is 16.6. The van der Waals surface area contributed by atoms with Gasteiger partial charge in [0, 0.05) is 50.6 Å². The summed E-state index contributed by atoms with van der Waals surface area (Å²) >= 11 is 0. The van der Waals surface area contributed by atoms with Crippen LogP contribution in [0.25, 0.3) is 0 Å². The van der Waals surface area contributed by atoms with E-state index in [1.54, 1.807) is 6.20 Å². The second-order valence-electron chi connectivity index (χ2n) is 8.29. The number of pyridine rings is 1. The van der Waals surface area contributed by atoms with Crippen molar-refractivity contribution in [2.24, 2.45) is 10.2 Å². The number of nitrogens with one attached hydrogen (secondary N) is 2. The van der Waals surface area contributed by atoms with E-state index in [1.165, 1.54) is 5.69 Å². The molecule has 0 aliphatic carbocycles. The van der Waals surface area contributed by atoms with E-state index in [0.29, 0.717) is 26.3 Å². The molecule has 2 aromatic heterocycles. The van der Waals surface area contributed by atoms with Crippen LogP contribution in [0.5, 0.6) is 0 Å². The topological polar surface area (TPSA) is 103 Å². The number of rotatable bonds is 7. The second kappa shape index (κ2) is 11.2. The molecule has 2 aliphatic heterocycles. The van der Waals surface area contributed by atoms with Crippen LogP contribution in [0.1, 0.15) is 5.69 Å². The number of ether oxygens (including phenoxy) is 1. The predicted octanol–water partition coefficient (Wildman–Crippen LogP) is 3.28. The van der Waals surface area contributed by atoms with Gasteiger partial charge in [-0.3, -0.25) is 4.98 Å². The van der Waals surface area contributed by atoms with E-state index in [0.717, 1.165) is 49.4 Å². The second-order valence-corrected chi connectivity index (χ2v) is 8.29. The van der Waals surface area contributed by atoms with Crippen molar-refractivity contribution in [1.82, 2.24) is 20.3 Å². The molecule has 2 saturated heterocycles. The molecule has 35 heavy (non-hydrogen) atoms. The van der Waals surface area contributed by atoms with Crippen LogP contribution >= 0.6 is 0 Å². The molecule has 2 N–H and O–H groups in total. The van der Waals surface area contributed by atoms with Crippen molar-refractivity contribution in [2.45, 2.75) is 6.54 Å². The number of anilines is 4. The molecule has 10 nitrogen and oxygen atoms in total. The van der Waals surface area contributed by atoms with Gasteiger partial charge >= 0.3 is 0 Å². The Bertz CT molecular complexity index is 1150.